The Hall–Kier alpha value is -2.30. The van der Waals surface area contributed by atoms with Crippen LogP contribution in [0.15, 0.2) is 30.3 Å². The molecule has 1 rings (SSSR count). The van der Waals surface area contributed by atoms with Crippen molar-refractivity contribution in [2.24, 2.45) is 5.92 Å². The number of carbonyl (C=O) groups excluding carboxylic acids is 3. The molecule has 0 aliphatic rings. The molecule has 0 aliphatic heterocycles. The summed E-state index contributed by atoms with van der Waals surface area (Å²) in [5.41, 5.74) is 0.918. The molecule has 0 aromatic heterocycles. The second-order valence-electron chi connectivity index (χ2n) is 7.73. The van der Waals surface area contributed by atoms with Gasteiger partial charge in [0, 0.05) is 12.2 Å². The van der Waals surface area contributed by atoms with Gasteiger partial charge in [0.2, 0.25) is 11.8 Å². The number of aliphatic hydroxyl groups is 1. The van der Waals surface area contributed by atoms with Gasteiger partial charge in [-0.2, -0.15) is 0 Å². The van der Waals surface area contributed by atoms with E-state index < -0.39 is 45.6 Å². The van der Waals surface area contributed by atoms with Crippen LogP contribution in [0.1, 0.15) is 45.2 Å². The Morgan fingerprint density at radius 2 is 1.68 bits per heavy atom. The van der Waals surface area contributed by atoms with E-state index in [2.05, 4.69) is 16.0 Å². The SMILES string of the molecule is CCCC(NC(=O)C(C)CS(C)(=O)=O)C(=O)[C@H](O)NCC(=O)N[C@@H](C)c1ccccc1. The molecule has 0 saturated carbocycles. The Balaban J connectivity index is 2.60. The van der Waals surface area contributed by atoms with Gasteiger partial charge in [-0.15, -0.1) is 0 Å². The molecule has 0 heterocycles. The van der Waals surface area contributed by atoms with Crippen LogP contribution in [0.25, 0.3) is 0 Å². The molecule has 0 bridgehead atoms. The van der Waals surface area contributed by atoms with E-state index in [0.717, 1.165) is 11.8 Å². The third-order valence-electron chi connectivity index (χ3n) is 4.64. The summed E-state index contributed by atoms with van der Waals surface area (Å²) in [4.78, 5) is 36.9. The summed E-state index contributed by atoms with van der Waals surface area (Å²) >= 11 is 0. The number of nitrogens with one attached hydrogen (secondary N) is 3. The van der Waals surface area contributed by atoms with Gasteiger partial charge in [-0.25, -0.2) is 8.42 Å². The Kier molecular flexibility index (Phi) is 10.8. The van der Waals surface area contributed by atoms with Crippen molar-refractivity contribution in [3.63, 3.8) is 0 Å². The highest BCUT2D eigenvalue weighted by atomic mass is 32.2. The molecule has 4 N–H and O–H groups in total. The fraction of sp³-hybridized carbons (Fsp3) is 0.571. The minimum atomic E-state index is -3.35. The second kappa shape index (κ2) is 12.5. The van der Waals surface area contributed by atoms with Crippen molar-refractivity contribution >= 4 is 27.4 Å². The van der Waals surface area contributed by atoms with Gasteiger partial charge in [-0.3, -0.25) is 19.7 Å². The van der Waals surface area contributed by atoms with Crippen molar-refractivity contribution in [3.05, 3.63) is 35.9 Å². The zero-order chi connectivity index (χ0) is 23.6. The Bertz CT molecular complexity index is 844. The molecule has 0 saturated heterocycles. The van der Waals surface area contributed by atoms with Crippen molar-refractivity contribution in [2.45, 2.75) is 51.9 Å². The fourth-order valence-corrected chi connectivity index (χ4v) is 4.08. The highest BCUT2D eigenvalue weighted by Crippen LogP contribution is 2.10. The van der Waals surface area contributed by atoms with Gasteiger partial charge in [0.15, 0.2) is 12.0 Å². The van der Waals surface area contributed by atoms with E-state index in [4.69, 9.17) is 0 Å². The van der Waals surface area contributed by atoms with E-state index in [1.165, 1.54) is 6.92 Å². The molecule has 4 atom stereocenters. The normalized spacial score (nSPS) is 15.4. The molecule has 2 amide bonds. The number of benzene rings is 1. The van der Waals surface area contributed by atoms with Crippen LogP contribution in [0.2, 0.25) is 0 Å². The van der Waals surface area contributed by atoms with Crippen molar-refractivity contribution in [3.8, 4) is 0 Å². The van der Waals surface area contributed by atoms with Gasteiger partial charge >= 0.3 is 0 Å². The van der Waals surface area contributed by atoms with Crippen molar-refractivity contribution in [1.29, 1.82) is 0 Å². The molecule has 2 unspecified atom stereocenters. The Labute approximate surface area is 183 Å². The number of rotatable bonds is 13. The lowest BCUT2D eigenvalue weighted by Gasteiger charge is -2.22. The van der Waals surface area contributed by atoms with Gasteiger partial charge in [0.05, 0.1) is 24.4 Å². The molecule has 1 aromatic carbocycles. The lowest BCUT2D eigenvalue weighted by Crippen LogP contribution is -2.52. The number of amides is 2. The topological polar surface area (TPSA) is 142 Å². The summed E-state index contributed by atoms with van der Waals surface area (Å²) in [5.74, 6) is -2.85. The highest BCUT2D eigenvalue weighted by Gasteiger charge is 2.29. The van der Waals surface area contributed by atoms with Crippen LogP contribution in [0.5, 0.6) is 0 Å². The largest absolute Gasteiger partial charge is 0.371 e. The van der Waals surface area contributed by atoms with Crippen LogP contribution in [0.4, 0.5) is 0 Å². The first-order valence-corrected chi connectivity index (χ1v) is 12.3. The number of sulfone groups is 1. The first-order valence-electron chi connectivity index (χ1n) is 10.2. The van der Waals surface area contributed by atoms with E-state index >= 15 is 0 Å². The maximum atomic E-state index is 12.6. The molecule has 1 aromatic rings. The van der Waals surface area contributed by atoms with E-state index in [1.54, 1.807) is 0 Å². The monoisotopic (exact) mass is 455 g/mol. The zero-order valence-corrected chi connectivity index (χ0v) is 19.2. The average Bonchev–Trinajstić information content (AvgIpc) is 2.70. The standard InChI is InChI=1S/C21H33N3O6S/c1-5-9-17(24-20(27)14(2)13-31(4,29)30)19(26)21(28)22-12-18(25)23-15(3)16-10-7-6-8-11-16/h6-8,10-11,14-15,17,21-22,28H,5,9,12-13H2,1-4H3,(H,23,25)(H,24,27)/t14?,15-,17?,21-/m0/s1. The molecule has 0 aliphatic carbocycles. The van der Waals surface area contributed by atoms with Crippen LogP contribution in [0.3, 0.4) is 0 Å². The molecule has 9 nitrogen and oxygen atoms in total. The second-order valence-corrected chi connectivity index (χ2v) is 9.91. The summed E-state index contributed by atoms with van der Waals surface area (Å²) < 4.78 is 22.8. The maximum absolute atomic E-state index is 12.6. The highest BCUT2D eigenvalue weighted by molar-refractivity contribution is 7.90. The Morgan fingerprint density at radius 1 is 1.06 bits per heavy atom. The van der Waals surface area contributed by atoms with Gasteiger partial charge in [0.1, 0.15) is 9.84 Å². The number of hydrogen-bond donors (Lipinski definition) is 4. The number of ketones is 1. The van der Waals surface area contributed by atoms with E-state index in [9.17, 15) is 27.9 Å². The lowest BCUT2D eigenvalue weighted by atomic mass is 10.0. The van der Waals surface area contributed by atoms with Crippen LogP contribution >= 0.6 is 0 Å². The number of hydrogen-bond acceptors (Lipinski definition) is 7. The maximum Gasteiger partial charge on any atom is 0.234 e. The van der Waals surface area contributed by atoms with Gasteiger partial charge in [0.25, 0.3) is 0 Å². The van der Waals surface area contributed by atoms with Gasteiger partial charge in [-0.1, -0.05) is 50.6 Å². The summed E-state index contributed by atoms with van der Waals surface area (Å²) in [6.45, 7) is 4.79. The predicted molar refractivity (Wildman–Crippen MR) is 118 cm³/mol. The third kappa shape index (κ3) is 10.0. The van der Waals surface area contributed by atoms with Crippen LogP contribution in [-0.4, -0.2) is 61.9 Å². The van der Waals surface area contributed by atoms with Crippen LogP contribution in [0, 0.1) is 5.92 Å². The van der Waals surface area contributed by atoms with E-state index in [-0.39, 0.29) is 24.8 Å². The minimum Gasteiger partial charge on any atom is -0.371 e. The van der Waals surface area contributed by atoms with Crippen molar-refractivity contribution < 1.29 is 27.9 Å². The Morgan fingerprint density at radius 3 is 2.23 bits per heavy atom. The first-order chi connectivity index (χ1) is 14.4. The smallest absolute Gasteiger partial charge is 0.234 e. The summed E-state index contributed by atoms with van der Waals surface area (Å²) in [5, 5.41) is 17.9. The first kappa shape index (κ1) is 26.7. The number of Topliss-reactive ketones (excluding diaryl/α,β-unsaturated/α-hetero) is 1. The van der Waals surface area contributed by atoms with Crippen molar-refractivity contribution in [1.82, 2.24) is 16.0 Å². The number of aliphatic hydroxyl groups excluding tert-OH is 1. The van der Waals surface area contributed by atoms with E-state index in [0.29, 0.717) is 6.42 Å². The van der Waals surface area contributed by atoms with Crippen LogP contribution < -0.4 is 16.0 Å². The molecule has 174 valence electrons. The molecule has 31 heavy (non-hydrogen) atoms. The quantitative estimate of drug-likeness (QED) is 0.314. The zero-order valence-electron chi connectivity index (χ0n) is 18.4. The number of carbonyl (C=O) groups is 3. The predicted octanol–water partition coefficient (Wildman–Crippen LogP) is 0.307. The summed E-state index contributed by atoms with van der Waals surface area (Å²) in [6.07, 6.45) is 0.202. The summed E-state index contributed by atoms with van der Waals surface area (Å²) in [6, 6.07) is 8.10. The summed E-state index contributed by atoms with van der Waals surface area (Å²) in [7, 11) is -3.35. The van der Waals surface area contributed by atoms with Crippen molar-refractivity contribution in [2.75, 3.05) is 18.6 Å². The molecule has 0 radical (unpaired) electrons. The lowest BCUT2D eigenvalue weighted by molar-refractivity contribution is -0.135. The minimum absolute atomic E-state index is 0.244. The molecule has 0 fully saturated rings. The van der Waals surface area contributed by atoms with Gasteiger partial charge < -0.3 is 15.7 Å². The molecular weight excluding hydrogens is 422 g/mol. The van der Waals surface area contributed by atoms with Gasteiger partial charge in [-0.05, 0) is 18.9 Å². The van der Waals surface area contributed by atoms with Crippen LogP contribution in [-0.2, 0) is 24.2 Å². The van der Waals surface area contributed by atoms with E-state index in [1.807, 2.05) is 44.2 Å². The molecular formula is C21H33N3O6S. The third-order valence-corrected chi connectivity index (χ3v) is 5.75. The molecule has 0 spiro atoms. The fourth-order valence-electron chi connectivity index (χ4n) is 3.02. The molecule has 10 heteroatoms. The average molecular weight is 456 g/mol.